The lowest BCUT2D eigenvalue weighted by Gasteiger charge is -2.33. The Balaban J connectivity index is 1.33. The number of nitrogens with zero attached hydrogens (tertiary/aromatic N) is 2. The average molecular weight is 385 g/mol. The number of benzene rings is 1. The molecule has 0 spiro atoms. The maximum Gasteiger partial charge on any atom is 0.410 e. The zero-order valence-electron chi connectivity index (χ0n) is 16.7. The van der Waals surface area contributed by atoms with Crippen LogP contribution in [0.1, 0.15) is 51.3 Å². The first-order valence-electron chi connectivity index (χ1n) is 9.97. The van der Waals surface area contributed by atoms with Gasteiger partial charge in [-0.3, -0.25) is 4.79 Å². The van der Waals surface area contributed by atoms with Crippen molar-refractivity contribution >= 4 is 28.7 Å². The predicted molar refractivity (Wildman–Crippen MR) is 105 cm³/mol. The Kier molecular flexibility index (Phi) is 4.77. The van der Waals surface area contributed by atoms with Gasteiger partial charge in [-0.05, 0) is 64.0 Å². The third kappa shape index (κ3) is 3.98. The number of hydrogen-bond acceptors (Lipinski definition) is 5. The van der Waals surface area contributed by atoms with Gasteiger partial charge in [-0.1, -0.05) is 5.16 Å². The number of piperidine rings is 1. The fourth-order valence-electron chi connectivity index (χ4n) is 3.96. The molecule has 2 aliphatic heterocycles. The molecular formula is C21H27N3O4. The van der Waals surface area contributed by atoms with Crippen LogP contribution < -0.4 is 5.32 Å². The molecule has 1 aromatic heterocycles. The number of aromatic nitrogens is 1. The first-order chi connectivity index (χ1) is 13.3. The standard InChI is InChI=1S/C21H27N3O4/c1-21(2,3)27-20(26)24-8-6-13(7-9-24)4-5-16-15-10-14-11-19(25)22-17(14)12-18(15)28-23-16/h10,12-13H,4-9,11H2,1-3H3,(H,22,25). The van der Waals surface area contributed by atoms with Crippen molar-refractivity contribution in [2.45, 2.75) is 58.5 Å². The van der Waals surface area contributed by atoms with E-state index < -0.39 is 5.60 Å². The predicted octanol–water partition coefficient (Wildman–Crippen LogP) is 3.90. The molecule has 1 N–H and O–H groups in total. The summed E-state index contributed by atoms with van der Waals surface area (Å²) in [6, 6.07) is 3.89. The third-order valence-electron chi connectivity index (χ3n) is 5.45. The molecule has 150 valence electrons. The van der Waals surface area contributed by atoms with Gasteiger partial charge in [0.05, 0.1) is 12.1 Å². The molecule has 28 heavy (non-hydrogen) atoms. The molecule has 2 amide bonds. The second-order valence-corrected chi connectivity index (χ2v) is 8.81. The average Bonchev–Trinajstić information content (AvgIpc) is 3.18. The maximum absolute atomic E-state index is 12.2. The van der Waals surface area contributed by atoms with Gasteiger partial charge in [0, 0.05) is 30.2 Å². The van der Waals surface area contributed by atoms with Crippen molar-refractivity contribution in [3.63, 3.8) is 0 Å². The number of carbonyl (C=O) groups excluding carboxylic acids is 2. The van der Waals surface area contributed by atoms with E-state index >= 15 is 0 Å². The van der Waals surface area contributed by atoms with E-state index in [4.69, 9.17) is 9.26 Å². The number of aryl methyl sites for hydroxylation is 1. The van der Waals surface area contributed by atoms with Crippen LogP contribution in [0.2, 0.25) is 0 Å². The lowest BCUT2D eigenvalue weighted by molar-refractivity contribution is -0.115. The summed E-state index contributed by atoms with van der Waals surface area (Å²) in [6.45, 7) is 7.14. The number of fused-ring (bicyclic) bond motifs is 2. The molecule has 0 bridgehead atoms. The summed E-state index contributed by atoms with van der Waals surface area (Å²) < 4.78 is 10.9. The Morgan fingerprint density at radius 3 is 2.79 bits per heavy atom. The molecule has 0 unspecified atom stereocenters. The fraction of sp³-hybridized carbons (Fsp3) is 0.571. The number of anilines is 1. The highest BCUT2D eigenvalue weighted by atomic mass is 16.6. The largest absolute Gasteiger partial charge is 0.444 e. The quantitative estimate of drug-likeness (QED) is 0.866. The first-order valence-corrected chi connectivity index (χ1v) is 9.97. The third-order valence-corrected chi connectivity index (χ3v) is 5.45. The molecule has 7 heteroatoms. The molecule has 7 nitrogen and oxygen atoms in total. The van der Waals surface area contributed by atoms with Crippen LogP contribution in [0, 0.1) is 5.92 Å². The van der Waals surface area contributed by atoms with Crippen molar-refractivity contribution in [3.05, 3.63) is 23.4 Å². The number of likely N-dealkylation sites (tertiary alicyclic amines) is 1. The number of ether oxygens (including phenoxy) is 1. The summed E-state index contributed by atoms with van der Waals surface area (Å²) in [7, 11) is 0. The van der Waals surface area contributed by atoms with Crippen molar-refractivity contribution < 1.29 is 18.8 Å². The van der Waals surface area contributed by atoms with Crippen LogP contribution in [0.25, 0.3) is 11.0 Å². The van der Waals surface area contributed by atoms with Gasteiger partial charge in [0.25, 0.3) is 0 Å². The molecule has 0 aliphatic carbocycles. The van der Waals surface area contributed by atoms with E-state index in [9.17, 15) is 9.59 Å². The van der Waals surface area contributed by atoms with Crippen molar-refractivity contribution in [2.75, 3.05) is 18.4 Å². The second-order valence-electron chi connectivity index (χ2n) is 8.81. The van der Waals surface area contributed by atoms with Gasteiger partial charge in [-0.15, -0.1) is 0 Å². The van der Waals surface area contributed by atoms with Crippen molar-refractivity contribution in [2.24, 2.45) is 5.92 Å². The van der Waals surface area contributed by atoms with Crippen LogP contribution in [-0.4, -0.2) is 40.7 Å². The molecule has 1 fully saturated rings. The molecule has 2 aromatic rings. The van der Waals surface area contributed by atoms with E-state index in [-0.39, 0.29) is 12.0 Å². The summed E-state index contributed by atoms with van der Waals surface area (Å²) >= 11 is 0. The molecule has 4 rings (SSSR count). The molecule has 1 aromatic carbocycles. The van der Waals surface area contributed by atoms with Gasteiger partial charge in [0.2, 0.25) is 5.91 Å². The SMILES string of the molecule is CC(C)(C)OC(=O)N1CCC(CCc2noc3cc4c(cc23)CC(=O)N4)CC1. The monoisotopic (exact) mass is 385 g/mol. The molecule has 0 radical (unpaired) electrons. The van der Waals surface area contributed by atoms with E-state index in [2.05, 4.69) is 10.5 Å². The lowest BCUT2D eigenvalue weighted by atomic mass is 9.91. The summed E-state index contributed by atoms with van der Waals surface area (Å²) in [4.78, 5) is 25.6. The van der Waals surface area contributed by atoms with Gasteiger partial charge < -0.3 is 19.5 Å². The fourth-order valence-corrected chi connectivity index (χ4v) is 3.96. The normalized spacial score (nSPS) is 17.7. The summed E-state index contributed by atoms with van der Waals surface area (Å²) in [6.07, 6.45) is 4.00. The van der Waals surface area contributed by atoms with Crippen LogP contribution in [0.4, 0.5) is 10.5 Å². The van der Waals surface area contributed by atoms with Crippen LogP contribution in [0.3, 0.4) is 0 Å². The minimum Gasteiger partial charge on any atom is -0.444 e. The summed E-state index contributed by atoms with van der Waals surface area (Å²) in [5, 5.41) is 8.09. The zero-order valence-corrected chi connectivity index (χ0v) is 16.7. The van der Waals surface area contributed by atoms with Gasteiger partial charge in [-0.25, -0.2) is 4.79 Å². The summed E-state index contributed by atoms with van der Waals surface area (Å²) in [5.41, 5.74) is 3.05. The van der Waals surface area contributed by atoms with E-state index in [1.165, 1.54) is 0 Å². The Labute approximate surface area is 164 Å². The summed E-state index contributed by atoms with van der Waals surface area (Å²) in [5.74, 6) is 0.581. The highest BCUT2D eigenvalue weighted by molar-refractivity contribution is 6.02. The molecule has 0 saturated carbocycles. The molecular weight excluding hydrogens is 358 g/mol. The van der Waals surface area contributed by atoms with Crippen molar-refractivity contribution in [3.8, 4) is 0 Å². The van der Waals surface area contributed by atoms with Crippen LogP contribution in [0.5, 0.6) is 0 Å². The Bertz CT molecular complexity index is 904. The zero-order chi connectivity index (χ0) is 19.9. The molecule has 3 heterocycles. The topological polar surface area (TPSA) is 84.7 Å². The highest BCUT2D eigenvalue weighted by Gasteiger charge is 2.27. The number of nitrogens with one attached hydrogen (secondary N) is 1. The Hall–Kier alpha value is -2.57. The Morgan fingerprint density at radius 2 is 2.07 bits per heavy atom. The van der Waals surface area contributed by atoms with Gasteiger partial charge in [0.15, 0.2) is 5.58 Å². The van der Waals surface area contributed by atoms with E-state index in [0.29, 0.717) is 12.3 Å². The number of rotatable bonds is 3. The van der Waals surface area contributed by atoms with Gasteiger partial charge in [0.1, 0.15) is 5.60 Å². The van der Waals surface area contributed by atoms with Gasteiger partial charge in [-0.2, -0.15) is 0 Å². The number of amides is 2. The lowest BCUT2D eigenvalue weighted by Crippen LogP contribution is -2.41. The number of hydrogen-bond donors (Lipinski definition) is 1. The second kappa shape index (κ2) is 7.11. The van der Waals surface area contributed by atoms with Crippen LogP contribution >= 0.6 is 0 Å². The minimum atomic E-state index is -0.456. The van der Waals surface area contributed by atoms with Gasteiger partial charge >= 0.3 is 6.09 Å². The van der Waals surface area contributed by atoms with E-state index in [1.807, 2.05) is 32.9 Å². The first kappa shape index (κ1) is 18.8. The molecule has 1 saturated heterocycles. The van der Waals surface area contributed by atoms with Crippen LogP contribution in [0.15, 0.2) is 16.7 Å². The Morgan fingerprint density at radius 1 is 1.32 bits per heavy atom. The van der Waals surface area contributed by atoms with E-state index in [0.717, 1.165) is 66.7 Å². The minimum absolute atomic E-state index is 0.0221. The van der Waals surface area contributed by atoms with Crippen molar-refractivity contribution in [1.29, 1.82) is 0 Å². The van der Waals surface area contributed by atoms with E-state index in [1.54, 1.807) is 4.90 Å². The molecule has 0 atom stereocenters. The smallest absolute Gasteiger partial charge is 0.410 e. The number of carbonyl (C=O) groups is 2. The molecule has 2 aliphatic rings. The van der Waals surface area contributed by atoms with Crippen LogP contribution in [-0.2, 0) is 22.4 Å². The maximum atomic E-state index is 12.2. The van der Waals surface area contributed by atoms with Crippen molar-refractivity contribution in [1.82, 2.24) is 10.1 Å². The highest BCUT2D eigenvalue weighted by Crippen LogP contribution is 2.32.